The van der Waals surface area contributed by atoms with E-state index in [1.54, 1.807) is 25.7 Å². The van der Waals surface area contributed by atoms with Crippen LogP contribution in [-0.2, 0) is 0 Å². The highest BCUT2D eigenvalue weighted by atomic mass is 32.2. The van der Waals surface area contributed by atoms with Gasteiger partial charge in [0.1, 0.15) is 6.04 Å². The Balaban J connectivity index is 1.63. The molecule has 0 bridgehead atoms. The molecule has 0 aromatic heterocycles. The summed E-state index contributed by atoms with van der Waals surface area (Å²) < 4.78 is 0. The van der Waals surface area contributed by atoms with Crippen molar-refractivity contribution < 1.29 is 4.90 Å². The molecule has 0 radical (unpaired) electrons. The predicted octanol–water partition coefficient (Wildman–Crippen LogP) is 3.78. The highest BCUT2D eigenvalue weighted by Crippen LogP contribution is 2.53. The third-order valence-electron chi connectivity index (χ3n) is 7.78. The summed E-state index contributed by atoms with van der Waals surface area (Å²) in [5.74, 6) is 4.37. The fourth-order valence-electron chi connectivity index (χ4n) is 7.00. The molecule has 126 valence electrons. The first kappa shape index (κ1) is 15.8. The second kappa shape index (κ2) is 7.05. The topological polar surface area (TPSA) is 4.44 Å². The third-order valence-corrected chi connectivity index (χ3v) is 8.96. The van der Waals surface area contributed by atoms with Crippen molar-refractivity contribution in [2.45, 2.75) is 81.9 Å². The molecule has 1 heterocycles. The maximum Gasteiger partial charge on any atom is 0.103 e. The predicted molar refractivity (Wildman–Crippen MR) is 96.5 cm³/mol. The van der Waals surface area contributed by atoms with Gasteiger partial charge in [0.25, 0.3) is 0 Å². The zero-order chi connectivity index (χ0) is 14.9. The summed E-state index contributed by atoms with van der Waals surface area (Å²) in [6, 6.07) is 1.01. The van der Waals surface area contributed by atoms with Crippen LogP contribution < -0.4 is 4.90 Å². The summed E-state index contributed by atoms with van der Waals surface area (Å²) in [5.41, 5.74) is 0. The molecular formula is C20H36NS+. The van der Waals surface area contributed by atoms with E-state index in [-0.39, 0.29) is 0 Å². The van der Waals surface area contributed by atoms with Crippen LogP contribution in [0.5, 0.6) is 0 Å². The minimum absolute atomic E-state index is 0.984. The molecule has 4 rings (SSSR count). The van der Waals surface area contributed by atoms with Gasteiger partial charge in [0, 0.05) is 5.92 Å². The Hall–Kier alpha value is 0.310. The summed E-state index contributed by atoms with van der Waals surface area (Å²) in [6.07, 6.45) is 19.3. The maximum absolute atomic E-state index is 2.44. The summed E-state index contributed by atoms with van der Waals surface area (Å²) >= 11 is 2.27. The Kier molecular flexibility index (Phi) is 5.07. The second-order valence-corrected chi connectivity index (χ2v) is 9.69. The molecule has 0 spiro atoms. The lowest BCUT2D eigenvalue weighted by molar-refractivity contribution is -0.935. The van der Waals surface area contributed by atoms with Crippen molar-refractivity contribution in [3.05, 3.63) is 0 Å². The molecule has 4 fully saturated rings. The van der Waals surface area contributed by atoms with Gasteiger partial charge >= 0.3 is 0 Å². The van der Waals surface area contributed by atoms with Crippen molar-refractivity contribution in [1.29, 1.82) is 0 Å². The van der Waals surface area contributed by atoms with Gasteiger partial charge in [0.15, 0.2) is 0 Å². The van der Waals surface area contributed by atoms with Crippen LogP contribution in [0, 0.1) is 23.7 Å². The van der Waals surface area contributed by atoms with Crippen LogP contribution in [0.25, 0.3) is 0 Å². The van der Waals surface area contributed by atoms with E-state index in [1.165, 1.54) is 58.0 Å². The molecule has 22 heavy (non-hydrogen) atoms. The van der Waals surface area contributed by atoms with E-state index in [9.17, 15) is 0 Å². The molecule has 4 aliphatic rings. The van der Waals surface area contributed by atoms with E-state index in [2.05, 4.69) is 18.0 Å². The first-order valence-corrected chi connectivity index (χ1v) is 11.6. The minimum atomic E-state index is 0.984. The SMILES string of the molecule is CS[C@H]1C2CCCCC2C2CCCCC2[C@@H]1[NH+]1CCCCC1. The summed E-state index contributed by atoms with van der Waals surface area (Å²) in [5, 5.41) is 0.984. The lowest BCUT2D eigenvalue weighted by Gasteiger charge is -2.56. The third kappa shape index (κ3) is 2.77. The van der Waals surface area contributed by atoms with Crippen molar-refractivity contribution in [3.63, 3.8) is 0 Å². The van der Waals surface area contributed by atoms with E-state index in [1.807, 2.05) is 4.90 Å². The number of likely N-dealkylation sites (tertiary alicyclic amines) is 1. The first-order chi connectivity index (χ1) is 10.9. The molecule has 0 aromatic carbocycles. The fourth-order valence-corrected chi connectivity index (χ4v) is 8.37. The monoisotopic (exact) mass is 322 g/mol. The van der Waals surface area contributed by atoms with Crippen LogP contribution in [0.15, 0.2) is 0 Å². The number of quaternary nitrogens is 1. The van der Waals surface area contributed by atoms with Gasteiger partial charge in [0.2, 0.25) is 0 Å². The lowest BCUT2D eigenvalue weighted by atomic mass is 9.55. The Morgan fingerprint density at radius 3 is 1.82 bits per heavy atom. The molecule has 0 aromatic rings. The fraction of sp³-hybridized carbons (Fsp3) is 1.00. The highest BCUT2D eigenvalue weighted by molar-refractivity contribution is 7.99. The van der Waals surface area contributed by atoms with Crippen LogP contribution in [-0.4, -0.2) is 30.6 Å². The summed E-state index contributed by atoms with van der Waals surface area (Å²) in [4.78, 5) is 2.03. The average Bonchev–Trinajstić information content (AvgIpc) is 2.61. The molecule has 3 saturated carbocycles. The van der Waals surface area contributed by atoms with Crippen molar-refractivity contribution in [2.75, 3.05) is 19.3 Å². The molecular weight excluding hydrogens is 286 g/mol. The van der Waals surface area contributed by atoms with Crippen molar-refractivity contribution in [3.8, 4) is 0 Å². The number of nitrogens with one attached hydrogen (secondary N) is 1. The minimum Gasteiger partial charge on any atom is -0.331 e. The van der Waals surface area contributed by atoms with E-state index in [0.29, 0.717) is 0 Å². The molecule has 4 unspecified atom stereocenters. The van der Waals surface area contributed by atoms with Gasteiger partial charge in [0.05, 0.1) is 18.3 Å². The molecule has 6 atom stereocenters. The number of hydrogen-bond donors (Lipinski definition) is 1. The lowest BCUT2D eigenvalue weighted by Crippen LogP contribution is -3.19. The smallest absolute Gasteiger partial charge is 0.103 e. The number of fused-ring (bicyclic) bond motifs is 3. The zero-order valence-electron chi connectivity index (χ0n) is 14.6. The molecule has 1 nitrogen and oxygen atoms in total. The molecule has 1 aliphatic heterocycles. The number of piperidine rings is 1. The summed E-state index contributed by atoms with van der Waals surface area (Å²) in [7, 11) is 0. The van der Waals surface area contributed by atoms with Gasteiger partial charge in [-0.15, -0.1) is 0 Å². The second-order valence-electron chi connectivity index (χ2n) is 8.67. The molecule has 3 aliphatic carbocycles. The zero-order valence-corrected chi connectivity index (χ0v) is 15.4. The molecule has 2 heteroatoms. The molecule has 0 amide bonds. The Morgan fingerprint density at radius 2 is 1.18 bits per heavy atom. The first-order valence-electron chi connectivity index (χ1n) is 10.3. The normalized spacial score (nSPS) is 46.8. The Bertz CT molecular complexity index is 351. The van der Waals surface area contributed by atoms with Gasteiger partial charge in [-0.1, -0.05) is 25.7 Å². The number of hydrogen-bond acceptors (Lipinski definition) is 1. The Labute approximate surface area is 142 Å². The van der Waals surface area contributed by atoms with Crippen molar-refractivity contribution in [2.24, 2.45) is 23.7 Å². The van der Waals surface area contributed by atoms with Gasteiger partial charge in [-0.25, -0.2) is 0 Å². The van der Waals surface area contributed by atoms with Gasteiger partial charge < -0.3 is 4.90 Å². The standard InChI is InChI=1S/C20H35NS/c1-22-20-18-12-6-4-10-16(18)15-9-3-5-11-17(15)19(20)21-13-7-2-8-14-21/h15-20H,2-14H2,1H3/p+1/t15?,16?,17?,18?,19-,20-/m0/s1. The summed E-state index contributed by atoms with van der Waals surface area (Å²) in [6.45, 7) is 2.98. The van der Waals surface area contributed by atoms with Crippen molar-refractivity contribution >= 4 is 11.8 Å². The average molecular weight is 323 g/mol. The molecule has 1 saturated heterocycles. The van der Waals surface area contributed by atoms with E-state index >= 15 is 0 Å². The van der Waals surface area contributed by atoms with E-state index in [4.69, 9.17) is 0 Å². The van der Waals surface area contributed by atoms with Crippen LogP contribution in [0.3, 0.4) is 0 Å². The van der Waals surface area contributed by atoms with Crippen LogP contribution in [0.1, 0.15) is 70.6 Å². The van der Waals surface area contributed by atoms with Gasteiger partial charge in [-0.05, 0) is 69.0 Å². The number of rotatable bonds is 2. The van der Waals surface area contributed by atoms with Gasteiger partial charge in [-0.3, -0.25) is 0 Å². The van der Waals surface area contributed by atoms with Crippen molar-refractivity contribution in [1.82, 2.24) is 0 Å². The van der Waals surface area contributed by atoms with E-state index < -0.39 is 0 Å². The van der Waals surface area contributed by atoms with E-state index in [0.717, 1.165) is 35.0 Å². The molecule has 1 N–H and O–H groups in total. The van der Waals surface area contributed by atoms with Crippen LogP contribution in [0.2, 0.25) is 0 Å². The highest BCUT2D eigenvalue weighted by Gasteiger charge is 2.54. The van der Waals surface area contributed by atoms with Crippen LogP contribution >= 0.6 is 11.8 Å². The largest absolute Gasteiger partial charge is 0.331 e. The maximum atomic E-state index is 2.44. The van der Waals surface area contributed by atoms with Gasteiger partial charge in [-0.2, -0.15) is 11.8 Å². The van der Waals surface area contributed by atoms with Crippen LogP contribution in [0.4, 0.5) is 0 Å². The number of thioether (sulfide) groups is 1. The Morgan fingerprint density at radius 1 is 0.636 bits per heavy atom. The quantitative estimate of drug-likeness (QED) is 0.810.